The molecule has 0 fully saturated rings. The van der Waals surface area contributed by atoms with Crippen molar-refractivity contribution in [1.29, 1.82) is 0 Å². The zero-order valence-electron chi connectivity index (χ0n) is 11.3. The van der Waals surface area contributed by atoms with Gasteiger partial charge in [-0.2, -0.15) is 0 Å². The maximum atomic E-state index is 6.12. The van der Waals surface area contributed by atoms with Gasteiger partial charge in [0.05, 0.1) is 13.2 Å². The van der Waals surface area contributed by atoms with Crippen molar-refractivity contribution in [2.75, 3.05) is 7.11 Å². The molecule has 3 rings (SSSR count). The molecule has 0 saturated heterocycles. The lowest BCUT2D eigenvalue weighted by Crippen LogP contribution is -2.28. The van der Waals surface area contributed by atoms with Crippen LogP contribution in [0.15, 0.2) is 24.3 Å². The fraction of sp³-hybridized carbons (Fsp3) is 0.333. The van der Waals surface area contributed by atoms with E-state index >= 15 is 0 Å². The molecule has 1 aromatic carbocycles. The van der Waals surface area contributed by atoms with Gasteiger partial charge in [-0.3, -0.25) is 5.84 Å². The Bertz CT molecular complexity index is 605. The Morgan fingerprint density at radius 3 is 2.90 bits per heavy atom. The van der Waals surface area contributed by atoms with E-state index in [0.29, 0.717) is 5.02 Å². The normalized spacial score (nSPS) is 15.2. The molecule has 1 heterocycles. The molecule has 0 saturated carbocycles. The number of thiophene rings is 1. The van der Waals surface area contributed by atoms with Crippen LogP contribution in [0.4, 0.5) is 0 Å². The Morgan fingerprint density at radius 1 is 1.35 bits per heavy atom. The first-order chi connectivity index (χ1) is 9.72. The standard InChI is InChI=1S/C15H17ClN2OS/c1-19-12-6-5-10(16)8-11(12)15(18-17)14-7-9-3-2-4-13(9)20-14/h5-8,15,18H,2-4,17H2,1H3. The van der Waals surface area contributed by atoms with Crippen molar-refractivity contribution in [3.8, 4) is 5.75 Å². The largest absolute Gasteiger partial charge is 0.496 e. The zero-order chi connectivity index (χ0) is 14.1. The van der Waals surface area contributed by atoms with Gasteiger partial charge in [-0.15, -0.1) is 11.3 Å². The van der Waals surface area contributed by atoms with Crippen LogP contribution in [0.5, 0.6) is 5.75 Å². The Kier molecular flexibility index (Phi) is 3.98. The molecule has 106 valence electrons. The van der Waals surface area contributed by atoms with Crippen molar-refractivity contribution in [1.82, 2.24) is 5.43 Å². The Labute approximate surface area is 127 Å². The Morgan fingerprint density at radius 2 is 2.20 bits per heavy atom. The van der Waals surface area contributed by atoms with Crippen LogP contribution in [0.25, 0.3) is 0 Å². The van der Waals surface area contributed by atoms with E-state index in [-0.39, 0.29) is 6.04 Å². The summed E-state index contributed by atoms with van der Waals surface area (Å²) in [5.74, 6) is 6.58. The minimum absolute atomic E-state index is 0.0840. The van der Waals surface area contributed by atoms with Gasteiger partial charge in [-0.1, -0.05) is 11.6 Å². The number of benzene rings is 1. The molecule has 0 aliphatic heterocycles. The summed E-state index contributed by atoms with van der Waals surface area (Å²) < 4.78 is 5.43. The molecule has 0 bridgehead atoms. The van der Waals surface area contributed by atoms with E-state index in [0.717, 1.165) is 11.3 Å². The zero-order valence-corrected chi connectivity index (χ0v) is 12.9. The summed E-state index contributed by atoms with van der Waals surface area (Å²) in [7, 11) is 1.66. The summed E-state index contributed by atoms with van der Waals surface area (Å²) in [4.78, 5) is 2.71. The molecule has 2 aromatic rings. The molecule has 3 nitrogen and oxygen atoms in total. The fourth-order valence-corrected chi connectivity index (χ4v) is 4.27. The monoisotopic (exact) mass is 308 g/mol. The maximum Gasteiger partial charge on any atom is 0.124 e. The van der Waals surface area contributed by atoms with Gasteiger partial charge >= 0.3 is 0 Å². The molecule has 1 unspecified atom stereocenters. The van der Waals surface area contributed by atoms with Crippen LogP contribution in [0.2, 0.25) is 5.02 Å². The molecule has 1 aromatic heterocycles. The van der Waals surface area contributed by atoms with Crippen LogP contribution in [0.3, 0.4) is 0 Å². The van der Waals surface area contributed by atoms with Crippen LogP contribution in [0.1, 0.15) is 33.3 Å². The average molecular weight is 309 g/mol. The van der Waals surface area contributed by atoms with Crippen molar-refractivity contribution in [2.45, 2.75) is 25.3 Å². The third kappa shape index (κ3) is 2.44. The highest BCUT2D eigenvalue weighted by Gasteiger charge is 2.23. The summed E-state index contributed by atoms with van der Waals surface area (Å²) in [5.41, 5.74) is 5.34. The summed E-state index contributed by atoms with van der Waals surface area (Å²) in [6, 6.07) is 7.79. The van der Waals surface area contributed by atoms with Gasteiger partial charge in [0.15, 0.2) is 0 Å². The van der Waals surface area contributed by atoms with Crippen LogP contribution < -0.4 is 16.0 Å². The second-order valence-corrected chi connectivity index (χ2v) is 6.54. The molecule has 5 heteroatoms. The smallest absolute Gasteiger partial charge is 0.124 e. The van der Waals surface area contributed by atoms with Crippen LogP contribution in [0, 0.1) is 0 Å². The molecule has 0 radical (unpaired) electrons. The lowest BCUT2D eigenvalue weighted by molar-refractivity contribution is 0.404. The minimum Gasteiger partial charge on any atom is -0.496 e. The summed E-state index contributed by atoms with van der Waals surface area (Å²) in [6.07, 6.45) is 3.63. The van der Waals surface area contributed by atoms with Crippen LogP contribution in [-0.2, 0) is 12.8 Å². The molecule has 0 spiro atoms. The number of aryl methyl sites for hydroxylation is 2. The number of nitrogens with two attached hydrogens (primary N) is 1. The lowest BCUT2D eigenvalue weighted by atomic mass is 10.0. The molecular formula is C15H17ClN2OS. The first-order valence-electron chi connectivity index (χ1n) is 6.64. The SMILES string of the molecule is COc1ccc(Cl)cc1C(NN)c1cc2c(s1)CCC2. The molecule has 1 atom stereocenters. The van der Waals surface area contributed by atoms with E-state index in [4.69, 9.17) is 22.2 Å². The number of hydrazine groups is 1. The van der Waals surface area contributed by atoms with Gasteiger partial charge in [0.1, 0.15) is 5.75 Å². The number of nitrogens with one attached hydrogen (secondary N) is 1. The molecule has 1 aliphatic carbocycles. The van der Waals surface area contributed by atoms with E-state index in [1.807, 2.05) is 29.5 Å². The number of methoxy groups -OCH3 is 1. The van der Waals surface area contributed by atoms with Gasteiger partial charge in [0.2, 0.25) is 0 Å². The van der Waals surface area contributed by atoms with Gasteiger partial charge in [-0.05, 0) is 49.1 Å². The fourth-order valence-electron chi connectivity index (χ4n) is 2.75. The summed E-state index contributed by atoms with van der Waals surface area (Å²) >= 11 is 7.95. The van der Waals surface area contributed by atoms with Crippen molar-refractivity contribution in [3.05, 3.63) is 50.2 Å². The predicted molar refractivity (Wildman–Crippen MR) is 83.5 cm³/mol. The Hall–Kier alpha value is -1.07. The average Bonchev–Trinajstić information content (AvgIpc) is 3.01. The Balaban J connectivity index is 2.02. The molecule has 3 N–H and O–H groups in total. The first-order valence-corrected chi connectivity index (χ1v) is 7.83. The van der Waals surface area contributed by atoms with E-state index < -0.39 is 0 Å². The second-order valence-electron chi connectivity index (χ2n) is 4.94. The van der Waals surface area contributed by atoms with Gasteiger partial charge in [0, 0.05) is 20.3 Å². The number of halogens is 1. The second kappa shape index (κ2) is 5.74. The molecule has 20 heavy (non-hydrogen) atoms. The van der Waals surface area contributed by atoms with E-state index in [1.165, 1.54) is 34.6 Å². The van der Waals surface area contributed by atoms with Crippen molar-refractivity contribution < 1.29 is 4.74 Å². The van der Waals surface area contributed by atoms with Gasteiger partial charge < -0.3 is 4.74 Å². The third-order valence-electron chi connectivity index (χ3n) is 3.72. The lowest BCUT2D eigenvalue weighted by Gasteiger charge is -2.18. The molecule has 1 aliphatic rings. The quantitative estimate of drug-likeness (QED) is 0.672. The van der Waals surface area contributed by atoms with Gasteiger partial charge in [-0.25, -0.2) is 5.43 Å². The van der Waals surface area contributed by atoms with Crippen molar-refractivity contribution >= 4 is 22.9 Å². The van der Waals surface area contributed by atoms with Gasteiger partial charge in [0.25, 0.3) is 0 Å². The number of rotatable bonds is 4. The number of ether oxygens (including phenoxy) is 1. The number of hydrogen-bond acceptors (Lipinski definition) is 4. The van der Waals surface area contributed by atoms with Crippen molar-refractivity contribution in [3.63, 3.8) is 0 Å². The highest BCUT2D eigenvalue weighted by atomic mass is 35.5. The first kappa shape index (κ1) is 13.9. The minimum atomic E-state index is -0.0840. The maximum absolute atomic E-state index is 6.12. The van der Waals surface area contributed by atoms with Crippen LogP contribution in [-0.4, -0.2) is 7.11 Å². The van der Waals surface area contributed by atoms with Crippen LogP contribution >= 0.6 is 22.9 Å². The highest BCUT2D eigenvalue weighted by molar-refractivity contribution is 7.12. The summed E-state index contributed by atoms with van der Waals surface area (Å²) in [6.45, 7) is 0. The topological polar surface area (TPSA) is 47.3 Å². The predicted octanol–water partition coefficient (Wildman–Crippen LogP) is 3.45. The number of hydrogen-bond donors (Lipinski definition) is 2. The molecular weight excluding hydrogens is 292 g/mol. The summed E-state index contributed by atoms with van der Waals surface area (Å²) in [5, 5.41) is 0.685. The highest BCUT2D eigenvalue weighted by Crippen LogP contribution is 2.38. The number of fused-ring (bicyclic) bond motifs is 1. The molecule has 0 amide bonds. The van der Waals surface area contributed by atoms with E-state index in [2.05, 4.69) is 11.5 Å². The van der Waals surface area contributed by atoms with E-state index in [9.17, 15) is 0 Å². The van der Waals surface area contributed by atoms with E-state index in [1.54, 1.807) is 7.11 Å². The van der Waals surface area contributed by atoms with Crippen molar-refractivity contribution in [2.24, 2.45) is 5.84 Å². The third-order valence-corrected chi connectivity index (χ3v) is 5.26.